The van der Waals surface area contributed by atoms with Gasteiger partial charge in [0.1, 0.15) is 0 Å². The first-order valence-corrected chi connectivity index (χ1v) is 9.63. The van der Waals surface area contributed by atoms with Gasteiger partial charge in [0.05, 0.1) is 4.90 Å². The Balaban J connectivity index is 0.00000156. The predicted octanol–water partition coefficient (Wildman–Crippen LogP) is 3.23. The van der Waals surface area contributed by atoms with Crippen molar-refractivity contribution in [2.24, 2.45) is 0 Å². The Kier molecular flexibility index (Phi) is 8.57. The third kappa shape index (κ3) is 4.83. The molecule has 2 heterocycles. The Morgan fingerprint density at radius 1 is 1.20 bits per heavy atom. The van der Waals surface area contributed by atoms with Crippen molar-refractivity contribution in [1.82, 2.24) is 14.6 Å². The molecular formula is C17H25Cl2N3O2S. The molecule has 1 aliphatic heterocycles. The number of halogens is 2. The van der Waals surface area contributed by atoms with Gasteiger partial charge in [-0.25, -0.2) is 8.42 Å². The molecule has 140 valence electrons. The molecule has 1 aromatic carbocycles. The summed E-state index contributed by atoms with van der Waals surface area (Å²) in [5.41, 5.74) is 0. The lowest BCUT2D eigenvalue weighted by molar-refractivity contribution is 0.279. The van der Waals surface area contributed by atoms with Crippen LogP contribution >= 0.6 is 24.8 Å². The maximum absolute atomic E-state index is 13.1. The van der Waals surface area contributed by atoms with E-state index < -0.39 is 10.0 Å². The van der Waals surface area contributed by atoms with Crippen LogP contribution in [0.3, 0.4) is 0 Å². The number of hydrogen-bond donors (Lipinski definition) is 1. The number of pyridine rings is 1. The first-order chi connectivity index (χ1) is 11.1. The first kappa shape index (κ1) is 22.1. The van der Waals surface area contributed by atoms with E-state index in [0.29, 0.717) is 18.0 Å². The predicted molar refractivity (Wildman–Crippen MR) is 106 cm³/mol. The third-order valence-corrected chi connectivity index (χ3v) is 6.41. The molecule has 1 N–H and O–H groups in total. The van der Waals surface area contributed by atoms with Gasteiger partial charge in [0.2, 0.25) is 10.0 Å². The fraction of sp³-hybridized carbons (Fsp3) is 0.471. The summed E-state index contributed by atoms with van der Waals surface area (Å²) in [5.74, 6) is 0. The molecule has 0 radical (unpaired) electrons. The topological polar surface area (TPSA) is 62.3 Å². The van der Waals surface area contributed by atoms with E-state index in [-0.39, 0.29) is 30.9 Å². The molecule has 0 bridgehead atoms. The summed E-state index contributed by atoms with van der Waals surface area (Å²) < 4.78 is 28.0. The van der Waals surface area contributed by atoms with E-state index in [0.717, 1.165) is 36.6 Å². The zero-order chi connectivity index (χ0) is 16.3. The van der Waals surface area contributed by atoms with Crippen LogP contribution in [-0.2, 0) is 10.0 Å². The van der Waals surface area contributed by atoms with Gasteiger partial charge in [-0.15, -0.1) is 24.8 Å². The highest BCUT2D eigenvalue weighted by molar-refractivity contribution is 7.89. The van der Waals surface area contributed by atoms with Crippen LogP contribution in [0.15, 0.2) is 41.6 Å². The lowest BCUT2D eigenvalue weighted by Gasteiger charge is -2.32. The molecule has 1 aromatic heterocycles. The van der Waals surface area contributed by atoms with Crippen LogP contribution in [0.4, 0.5) is 0 Å². The van der Waals surface area contributed by atoms with E-state index in [4.69, 9.17) is 0 Å². The van der Waals surface area contributed by atoms with Crippen LogP contribution < -0.4 is 5.32 Å². The molecule has 1 saturated heterocycles. The van der Waals surface area contributed by atoms with Gasteiger partial charge in [0.15, 0.2) is 0 Å². The van der Waals surface area contributed by atoms with Crippen molar-refractivity contribution >= 4 is 45.6 Å². The number of hydrogen-bond acceptors (Lipinski definition) is 4. The summed E-state index contributed by atoms with van der Waals surface area (Å²) in [6.45, 7) is 4.32. The van der Waals surface area contributed by atoms with Crippen molar-refractivity contribution in [3.63, 3.8) is 0 Å². The second kappa shape index (κ2) is 9.69. The number of nitrogens with zero attached hydrogens (tertiary/aromatic N) is 2. The highest BCUT2D eigenvalue weighted by atomic mass is 35.5. The van der Waals surface area contributed by atoms with Crippen LogP contribution in [-0.4, -0.2) is 43.4 Å². The molecule has 2 aromatic rings. The van der Waals surface area contributed by atoms with Gasteiger partial charge in [-0.3, -0.25) is 4.98 Å². The Labute approximate surface area is 162 Å². The lowest BCUT2D eigenvalue weighted by Crippen LogP contribution is -2.47. The Morgan fingerprint density at radius 3 is 2.76 bits per heavy atom. The minimum atomic E-state index is -3.48. The SMILES string of the molecule is CC[C@@H]1CNCCCCN1S(=O)(=O)c1ccc2cnccc2c1.Cl.Cl. The molecular weight excluding hydrogens is 381 g/mol. The molecule has 8 heteroatoms. The molecule has 25 heavy (non-hydrogen) atoms. The van der Waals surface area contributed by atoms with Crippen LogP contribution in [0, 0.1) is 0 Å². The molecule has 5 nitrogen and oxygen atoms in total. The van der Waals surface area contributed by atoms with E-state index in [1.54, 1.807) is 28.8 Å². The number of fused-ring (bicyclic) bond motifs is 1. The van der Waals surface area contributed by atoms with Crippen molar-refractivity contribution in [2.75, 3.05) is 19.6 Å². The van der Waals surface area contributed by atoms with Gasteiger partial charge in [-0.05, 0) is 49.4 Å². The minimum absolute atomic E-state index is 0. The van der Waals surface area contributed by atoms with Crippen LogP contribution in [0.5, 0.6) is 0 Å². The van der Waals surface area contributed by atoms with Crippen molar-refractivity contribution in [2.45, 2.75) is 37.1 Å². The molecule has 1 fully saturated rings. The standard InChI is InChI=1S/C17H23N3O2S.2ClH/c1-2-16-13-18-8-3-4-10-20(16)23(21,22)17-6-5-15-12-19-9-7-14(15)11-17;;/h5-7,9,11-12,16,18H,2-4,8,10,13H2,1H3;2*1H/t16-;;/m1../s1. The second-order valence-corrected chi connectivity index (χ2v) is 7.86. The molecule has 0 aliphatic carbocycles. The van der Waals surface area contributed by atoms with E-state index in [1.807, 2.05) is 19.1 Å². The molecule has 1 aliphatic rings. The third-order valence-electron chi connectivity index (χ3n) is 4.46. The quantitative estimate of drug-likeness (QED) is 0.850. The molecule has 0 saturated carbocycles. The van der Waals surface area contributed by atoms with Gasteiger partial charge in [0.25, 0.3) is 0 Å². The second-order valence-electron chi connectivity index (χ2n) is 5.97. The van der Waals surface area contributed by atoms with E-state index in [9.17, 15) is 8.42 Å². The Morgan fingerprint density at radius 2 is 2.00 bits per heavy atom. The van der Waals surface area contributed by atoms with Crippen LogP contribution in [0.25, 0.3) is 10.8 Å². The number of aromatic nitrogens is 1. The highest BCUT2D eigenvalue weighted by Crippen LogP contribution is 2.24. The number of rotatable bonds is 3. The van der Waals surface area contributed by atoms with E-state index >= 15 is 0 Å². The number of benzene rings is 1. The highest BCUT2D eigenvalue weighted by Gasteiger charge is 2.30. The molecule has 1 atom stereocenters. The summed E-state index contributed by atoms with van der Waals surface area (Å²) in [6, 6.07) is 7.14. The zero-order valence-electron chi connectivity index (χ0n) is 14.2. The fourth-order valence-corrected chi connectivity index (χ4v) is 4.86. The molecule has 0 amide bonds. The summed E-state index contributed by atoms with van der Waals surface area (Å²) in [6.07, 6.45) is 6.14. The van der Waals surface area contributed by atoms with Crippen LogP contribution in [0.1, 0.15) is 26.2 Å². The van der Waals surface area contributed by atoms with Crippen molar-refractivity contribution < 1.29 is 8.42 Å². The molecule has 0 unspecified atom stereocenters. The van der Waals surface area contributed by atoms with Gasteiger partial charge in [-0.1, -0.05) is 13.0 Å². The number of nitrogens with one attached hydrogen (secondary N) is 1. The fourth-order valence-electron chi connectivity index (χ4n) is 3.09. The Hall–Kier alpha value is -0.920. The smallest absolute Gasteiger partial charge is 0.243 e. The molecule has 3 rings (SSSR count). The summed E-state index contributed by atoms with van der Waals surface area (Å²) in [7, 11) is -3.48. The van der Waals surface area contributed by atoms with Gasteiger partial charge in [-0.2, -0.15) is 4.31 Å². The normalized spacial score (nSPS) is 19.3. The molecule has 0 spiro atoms. The Bertz CT molecular complexity index is 786. The lowest BCUT2D eigenvalue weighted by atomic mass is 10.2. The average Bonchev–Trinajstić information content (AvgIpc) is 2.54. The maximum Gasteiger partial charge on any atom is 0.243 e. The first-order valence-electron chi connectivity index (χ1n) is 8.19. The van der Waals surface area contributed by atoms with Crippen molar-refractivity contribution in [3.05, 3.63) is 36.7 Å². The monoisotopic (exact) mass is 405 g/mol. The summed E-state index contributed by atoms with van der Waals surface area (Å²) in [5, 5.41) is 5.21. The average molecular weight is 406 g/mol. The minimum Gasteiger partial charge on any atom is -0.315 e. The van der Waals surface area contributed by atoms with Crippen LogP contribution in [0.2, 0.25) is 0 Å². The zero-order valence-corrected chi connectivity index (χ0v) is 16.7. The van der Waals surface area contributed by atoms with Gasteiger partial charge >= 0.3 is 0 Å². The summed E-state index contributed by atoms with van der Waals surface area (Å²) >= 11 is 0. The summed E-state index contributed by atoms with van der Waals surface area (Å²) in [4.78, 5) is 4.45. The number of sulfonamides is 1. The van der Waals surface area contributed by atoms with Crippen molar-refractivity contribution in [3.8, 4) is 0 Å². The van der Waals surface area contributed by atoms with E-state index in [2.05, 4.69) is 10.3 Å². The van der Waals surface area contributed by atoms with E-state index in [1.165, 1.54) is 0 Å². The largest absolute Gasteiger partial charge is 0.315 e. The maximum atomic E-state index is 13.1. The van der Waals surface area contributed by atoms with Crippen molar-refractivity contribution in [1.29, 1.82) is 0 Å². The van der Waals surface area contributed by atoms with Gasteiger partial charge in [0, 0.05) is 36.9 Å². The van der Waals surface area contributed by atoms with Gasteiger partial charge < -0.3 is 5.32 Å².